The number of non-ortho nitro benzene ring substituents is 1. The van der Waals surface area contributed by atoms with E-state index < -0.39 is 0 Å². The van der Waals surface area contributed by atoms with E-state index in [2.05, 4.69) is 43.8 Å². The van der Waals surface area contributed by atoms with Crippen LogP contribution in [0.3, 0.4) is 0 Å². The molecular weight excluding hydrogens is 376 g/mol. The fourth-order valence-corrected chi connectivity index (χ4v) is 4.37. The maximum atomic E-state index is 10.8. The van der Waals surface area contributed by atoms with Crippen molar-refractivity contribution in [2.24, 2.45) is 0 Å². The molecule has 1 aliphatic carbocycles. The first-order valence-electron chi connectivity index (χ1n) is 6.37. The van der Waals surface area contributed by atoms with Crippen LogP contribution in [0.5, 0.6) is 0 Å². The maximum absolute atomic E-state index is 10.8. The maximum Gasteiger partial charge on any atom is 0.271 e. The van der Waals surface area contributed by atoms with E-state index in [4.69, 9.17) is 0 Å². The molecule has 1 aromatic rings. The van der Waals surface area contributed by atoms with Crippen molar-refractivity contribution in [3.8, 4) is 0 Å². The van der Waals surface area contributed by atoms with Crippen molar-refractivity contribution in [2.75, 3.05) is 11.9 Å². The Hall–Kier alpha value is -0.620. The predicted octanol–water partition coefficient (Wildman–Crippen LogP) is 4.89. The van der Waals surface area contributed by atoms with E-state index >= 15 is 0 Å². The third-order valence-electron chi connectivity index (χ3n) is 3.69. The Kier molecular flexibility index (Phi) is 4.84. The zero-order valence-corrected chi connectivity index (χ0v) is 13.9. The summed E-state index contributed by atoms with van der Waals surface area (Å²) in [6.07, 6.45) is 6.21. The number of halogens is 2. The molecule has 0 spiro atoms. The number of rotatable bonds is 3. The van der Waals surface area contributed by atoms with Crippen LogP contribution in [0, 0.1) is 10.1 Å². The van der Waals surface area contributed by atoms with Gasteiger partial charge >= 0.3 is 0 Å². The summed E-state index contributed by atoms with van der Waals surface area (Å²) in [6, 6.07) is 3.65. The van der Waals surface area contributed by atoms with Gasteiger partial charge in [-0.15, -0.1) is 0 Å². The molecule has 0 bridgehead atoms. The van der Waals surface area contributed by atoms with Crippen LogP contribution < -0.4 is 4.90 Å². The molecular formula is C13H16Br2N2O2. The Morgan fingerprint density at radius 1 is 1.21 bits per heavy atom. The van der Waals surface area contributed by atoms with Crippen LogP contribution in [0.4, 0.5) is 11.4 Å². The largest absolute Gasteiger partial charge is 0.370 e. The molecule has 0 radical (unpaired) electrons. The van der Waals surface area contributed by atoms with E-state index in [9.17, 15) is 10.1 Å². The monoisotopic (exact) mass is 390 g/mol. The molecule has 0 N–H and O–H groups in total. The Morgan fingerprint density at radius 2 is 1.74 bits per heavy atom. The Balaban J connectivity index is 2.30. The van der Waals surface area contributed by atoms with Crippen molar-refractivity contribution >= 4 is 43.2 Å². The molecule has 0 amide bonds. The third kappa shape index (κ3) is 3.28. The lowest BCUT2D eigenvalue weighted by Crippen LogP contribution is -2.33. The molecule has 1 fully saturated rings. The van der Waals surface area contributed by atoms with Gasteiger partial charge in [0.15, 0.2) is 0 Å². The third-order valence-corrected chi connectivity index (χ3v) is 4.90. The number of nitro benzene ring substituents is 1. The number of hydrogen-bond acceptors (Lipinski definition) is 3. The van der Waals surface area contributed by atoms with Gasteiger partial charge in [0.1, 0.15) is 0 Å². The van der Waals surface area contributed by atoms with Crippen molar-refractivity contribution in [3.63, 3.8) is 0 Å². The number of nitrogens with zero attached hydrogens (tertiary/aromatic N) is 2. The van der Waals surface area contributed by atoms with Gasteiger partial charge in [0.2, 0.25) is 0 Å². The van der Waals surface area contributed by atoms with Gasteiger partial charge in [0.25, 0.3) is 5.69 Å². The lowest BCUT2D eigenvalue weighted by Gasteiger charge is -2.34. The lowest BCUT2D eigenvalue weighted by atomic mass is 9.94. The van der Waals surface area contributed by atoms with Crippen LogP contribution in [0.2, 0.25) is 0 Å². The van der Waals surface area contributed by atoms with Gasteiger partial charge in [-0.2, -0.15) is 0 Å². The van der Waals surface area contributed by atoms with Crippen molar-refractivity contribution in [1.29, 1.82) is 0 Å². The highest BCUT2D eigenvalue weighted by atomic mass is 79.9. The molecule has 2 rings (SSSR count). The van der Waals surface area contributed by atoms with Gasteiger partial charge in [-0.25, -0.2) is 0 Å². The molecule has 1 aliphatic rings. The average Bonchev–Trinajstić information content (AvgIpc) is 2.38. The summed E-state index contributed by atoms with van der Waals surface area (Å²) in [6.45, 7) is 0. The first-order valence-corrected chi connectivity index (χ1v) is 7.95. The molecule has 1 saturated carbocycles. The molecule has 0 saturated heterocycles. The van der Waals surface area contributed by atoms with E-state index in [0.717, 1.165) is 14.6 Å². The van der Waals surface area contributed by atoms with Crippen LogP contribution >= 0.6 is 31.9 Å². The summed E-state index contributed by atoms with van der Waals surface area (Å²) in [5.41, 5.74) is 1.09. The molecule has 0 unspecified atom stereocenters. The van der Waals surface area contributed by atoms with Gasteiger partial charge in [0, 0.05) is 34.2 Å². The number of nitro groups is 1. The van der Waals surface area contributed by atoms with Gasteiger partial charge in [-0.05, 0) is 44.7 Å². The van der Waals surface area contributed by atoms with E-state index in [1.807, 2.05) is 0 Å². The molecule has 0 aliphatic heterocycles. The van der Waals surface area contributed by atoms with Crippen LogP contribution in [-0.4, -0.2) is 18.0 Å². The minimum Gasteiger partial charge on any atom is -0.370 e. The van der Waals surface area contributed by atoms with E-state index in [1.54, 1.807) is 12.1 Å². The fraction of sp³-hybridized carbons (Fsp3) is 0.538. The minimum absolute atomic E-state index is 0.0968. The number of hydrogen-bond donors (Lipinski definition) is 0. The molecule has 1 aromatic carbocycles. The Labute approximate surface area is 129 Å². The van der Waals surface area contributed by atoms with Crippen LogP contribution in [0.25, 0.3) is 0 Å². The van der Waals surface area contributed by atoms with Gasteiger partial charge in [-0.1, -0.05) is 19.3 Å². The molecule has 4 nitrogen and oxygen atoms in total. The van der Waals surface area contributed by atoms with E-state index in [-0.39, 0.29) is 10.6 Å². The minimum atomic E-state index is -0.375. The summed E-state index contributed by atoms with van der Waals surface area (Å²) in [4.78, 5) is 12.7. The summed E-state index contributed by atoms with van der Waals surface area (Å²) in [5.74, 6) is 0. The lowest BCUT2D eigenvalue weighted by molar-refractivity contribution is -0.385. The summed E-state index contributed by atoms with van der Waals surface area (Å²) >= 11 is 6.91. The second-order valence-electron chi connectivity index (χ2n) is 4.92. The standard InChI is InChI=1S/C13H16Br2N2O2/c1-16(9-5-3-2-4-6-9)13-11(14)7-10(17(18)19)8-12(13)15/h7-9H,2-6H2,1H3. The molecule has 104 valence electrons. The smallest absolute Gasteiger partial charge is 0.271 e. The van der Waals surface area contributed by atoms with Crippen LogP contribution in [0.15, 0.2) is 21.1 Å². The summed E-state index contributed by atoms with van der Waals surface area (Å²) < 4.78 is 1.53. The van der Waals surface area contributed by atoms with Gasteiger partial charge in [-0.3, -0.25) is 10.1 Å². The second kappa shape index (κ2) is 6.22. The summed E-state index contributed by atoms with van der Waals surface area (Å²) in [7, 11) is 2.06. The van der Waals surface area contributed by atoms with Crippen molar-refractivity contribution in [1.82, 2.24) is 0 Å². The molecule has 0 aromatic heterocycles. The van der Waals surface area contributed by atoms with Gasteiger partial charge in [0.05, 0.1) is 10.6 Å². The zero-order chi connectivity index (χ0) is 14.0. The highest BCUT2D eigenvalue weighted by Gasteiger charge is 2.23. The molecule has 6 heteroatoms. The first kappa shape index (κ1) is 14.8. The molecule has 19 heavy (non-hydrogen) atoms. The fourth-order valence-electron chi connectivity index (χ4n) is 2.65. The molecule has 0 heterocycles. The van der Waals surface area contributed by atoms with Gasteiger partial charge < -0.3 is 4.90 Å². The van der Waals surface area contributed by atoms with Crippen LogP contribution in [-0.2, 0) is 0 Å². The van der Waals surface area contributed by atoms with E-state index in [1.165, 1.54) is 32.1 Å². The average molecular weight is 392 g/mol. The topological polar surface area (TPSA) is 46.4 Å². The Bertz CT molecular complexity index is 465. The van der Waals surface area contributed by atoms with Crippen molar-refractivity contribution in [3.05, 3.63) is 31.2 Å². The number of benzene rings is 1. The SMILES string of the molecule is CN(c1c(Br)cc([N+](=O)[O-])cc1Br)C1CCCCC1. The highest BCUT2D eigenvalue weighted by molar-refractivity contribution is 9.11. The highest BCUT2D eigenvalue weighted by Crippen LogP contribution is 2.39. The van der Waals surface area contributed by atoms with Crippen molar-refractivity contribution in [2.45, 2.75) is 38.1 Å². The van der Waals surface area contributed by atoms with E-state index in [0.29, 0.717) is 6.04 Å². The van der Waals surface area contributed by atoms with Crippen molar-refractivity contribution < 1.29 is 4.92 Å². The first-order chi connectivity index (χ1) is 9.00. The summed E-state index contributed by atoms with van der Waals surface area (Å²) in [5, 5.41) is 10.8. The van der Waals surface area contributed by atoms with Crippen LogP contribution in [0.1, 0.15) is 32.1 Å². The Morgan fingerprint density at radius 3 is 2.21 bits per heavy atom. The normalized spacial score (nSPS) is 16.4. The number of anilines is 1. The zero-order valence-electron chi connectivity index (χ0n) is 10.7. The molecule has 0 atom stereocenters. The quantitative estimate of drug-likeness (QED) is 0.544. The predicted molar refractivity (Wildman–Crippen MR) is 83.8 cm³/mol. The second-order valence-corrected chi connectivity index (χ2v) is 6.63.